The van der Waals surface area contributed by atoms with Crippen LogP contribution < -0.4 is 0 Å². The molecule has 0 aliphatic carbocycles. The quantitative estimate of drug-likeness (QED) is 0.926. The van der Waals surface area contributed by atoms with Crippen molar-refractivity contribution < 1.29 is 5.11 Å². The second kappa shape index (κ2) is 6.03. The monoisotopic (exact) mass is 292 g/mol. The van der Waals surface area contributed by atoms with Crippen LogP contribution in [0.3, 0.4) is 0 Å². The van der Waals surface area contributed by atoms with Gasteiger partial charge in [-0.1, -0.05) is 18.5 Å². The number of halogens is 1. The number of benzene rings is 1. The molecule has 0 radical (unpaired) electrons. The fourth-order valence-electron chi connectivity index (χ4n) is 2.93. The summed E-state index contributed by atoms with van der Waals surface area (Å²) in [5, 5.41) is 20.2. The van der Waals surface area contributed by atoms with Crippen molar-refractivity contribution in [3.63, 3.8) is 0 Å². The molecule has 0 spiro atoms. The minimum absolute atomic E-state index is 0.209. The molecule has 1 fully saturated rings. The van der Waals surface area contributed by atoms with Gasteiger partial charge in [0, 0.05) is 18.0 Å². The van der Waals surface area contributed by atoms with Gasteiger partial charge in [-0.05, 0) is 56.0 Å². The highest BCUT2D eigenvalue weighted by Crippen LogP contribution is 2.30. The summed E-state index contributed by atoms with van der Waals surface area (Å²) in [6.07, 6.45) is 2.84. The van der Waals surface area contributed by atoms with E-state index in [1.165, 1.54) is 6.42 Å². The molecule has 20 heavy (non-hydrogen) atoms. The fraction of sp³-hybridized carbons (Fsp3) is 0.562. The van der Waals surface area contributed by atoms with Crippen molar-refractivity contribution in [2.45, 2.75) is 38.6 Å². The number of piperidine rings is 1. The van der Waals surface area contributed by atoms with E-state index in [1.54, 1.807) is 18.2 Å². The van der Waals surface area contributed by atoms with Crippen molar-refractivity contribution in [2.75, 3.05) is 13.1 Å². The van der Waals surface area contributed by atoms with E-state index in [0.717, 1.165) is 25.1 Å². The van der Waals surface area contributed by atoms with Gasteiger partial charge in [0.25, 0.3) is 0 Å². The molecule has 2 atom stereocenters. The van der Waals surface area contributed by atoms with Crippen molar-refractivity contribution in [2.24, 2.45) is 5.92 Å². The molecule has 108 valence electrons. The van der Waals surface area contributed by atoms with E-state index in [1.807, 2.05) is 6.92 Å². The number of aromatic hydroxyl groups is 1. The number of phenolic OH excluding ortho intramolecular Hbond substituents is 1. The molecule has 1 N–H and O–H groups in total. The highest BCUT2D eigenvalue weighted by atomic mass is 35.5. The normalized spacial score (nSPS) is 23.0. The first kappa shape index (κ1) is 15.2. The Labute approximate surface area is 125 Å². The van der Waals surface area contributed by atoms with Gasteiger partial charge in [0.1, 0.15) is 11.3 Å². The number of likely N-dealkylation sites (tertiary alicyclic amines) is 1. The van der Waals surface area contributed by atoms with Crippen LogP contribution in [0.5, 0.6) is 5.75 Å². The molecule has 0 amide bonds. The second-order valence-corrected chi connectivity index (χ2v) is 6.47. The van der Waals surface area contributed by atoms with E-state index in [0.29, 0.717) is 17.4 Å². The molecule has 4 heteroatoms. The SMILES string of the molecule is CC1CCCN(C(C)(C#N)Cc2cc(Cl)ccc2O)C1. The summed E-state index contributed by atoms with van der Waals surface area (Å²) in [4.78, 5) is 2.24. The van der Waals surface area contributed by atoms with E-state index in [-0.39, 0.29) is 5.75 Å². The molecule has 0 saturated carbocycles. The lowest BCUT2D eigenvalue weighted by Gasteiger charge is -2.41. The van der Waals surface area contributed by atoms with Gasteiger partial charge >= 0.3 is 0 Å². The van der Waals surface area contributed by atoms with Crippen LogP contribution in [-0.2, 0) is 6.42 Å². The molecule has 0 bridgehead atoms. The third-order valence-corrected chi connectivity index (χ3v) is 4.41. The zero-order valence-electron chi connectivity index (χ0n) is 12.1. The zero-order chi connectivity index (χ0) is 14.8. The Kier molecular flexibility index (Phi) is 4.57. The van der Waals surface area contributed by atoms with Crippen LogP contribution in [0.1, 0.15) is 32.3 Å². The summed E-state index contributed by atoms with van der Waals surface area (Å²) < 4.78 is 0. The van der Waals surface area contributed by atoms with Crippen LogP contribution in [0.4, 0.5) is 0 Å². The summed E-state index contributed by atoms with van der Waals surface area (Å²) in [6.45, 7) is 6.05. The van der Waals surface area contributed by atoms with E-state index in [2.05, 4.69) is 17.9 Å². The second-order valence-electron chi connectivity index (χ2n) is 6.03. The molecule has 1 aliphatic rings. The lowest BCUT2D eigenvalue weighted by atomic mass is 9.88. The zero-order valence-corrected chi connectivity index (χ0v) is 12.8. The van der Waals surface area contributed by atoms with Crippen LogP contribution in [0.25, 0.3) is 0 Å². The number of hydrogen-bond donors (Lipinski definition) is 1. The van der Waals surface area contributed by atoms with Crippen LogP contribution in [0.2, 0.25) is 5.02 Å². The predicted octanol–water partition coefficient (Wildman–Crippen LogP) is 3.60. The van der Waals surface area contributed by atoms with Gasteiger partial charge in [-0.2, -0.15) is 5.26 Å². The van der Waals surface area contributed by atoms with Crippen LogP contribution >= 0.6 is 11.6 Å². The molecule has 1 aliphatic heterocycles. The average Bonchev–Trinajstić information content (AvgIpc) is 2.43. The Hall–Kier alpha value is -1.24. The van der Waals surface area contributed by atoms with Crippen molar-refractivity contribution in [3.8, 4) is 11.8 Å². The van der Waals surface area contributed by atoms with E-state index in [9.17, 15) is 10.4 Å². The molecule has 1 heterocycles. The third kappa shape index (κ3) is 3.26. The van der Waals surface area contributed by atoms with Gasteiger partial charge in [-0.3, -0.25) is 4.90 Å². The van der Waals surface area contributed by atoms with Gasteiger partial charge in [0.15, 0.2) is 0 Å². The van der Waals surface area contributed by atoms with Crippen molar-refractivity contribution in [3.05, 3.63) is 28.8 Å². The van der Waals surface area contributed by atoms with E-state index < -0.39 is 5.54 Å². The van der Waals surface area contributed by atoms with Crippen molar-refractivity contribution in [1.82, 2.24) is 4.90 Å². The maximum Gasteiger partial charge on any atom is 0.118 e. The summed E-state index contributed by atoms with van der Waals surface area (Å²) in [5.41, 5.74) is 0.136. The number of nitriles is 1. The highest BCUT2D eigenvalue weighted by molar-refractivity contribution is 6.30. The number of nitrogens with zero attached hydrogens (tertiary/aromatic N) is 2. The fourth-order valence-corrected chi connectivity index (χ4v) is 3.12. The number of phenols is 1. The number of hydrogen-bond acceptors (Lipinski definition) is 3. The molecular formula is C16H21ClN2O. The topological polar surface area (TPSA) is 47.3 Å². The van der Waals surface area contributed by atoms with Gasteiger partial charge in [-0.15, -0.1) is 0 Å². The van der Waals surface area contributed by atoms with E-state index >= 15 is 0 Å². The number of rotatable bonds is 3. The summed E-state index contributed by atoms with van der Waals surface area (Å²) in [7, 11) is 0. The molecular weight excluding hydrogens is 272 g/mol. The Morgan fingerprint density at radius 2 is 2.30 bits per heavy atom. The predicted molar refractivity (Wildman–Crippen MR) is 80.8 cm³/mol. The molecule has 2 unspecified atom stereocenters. The average molecular weight is 293 g/mol. The Balaban J connectivity index is 2.23. The first-order valence-corrected chi connectivity index (χ1v) is 7.46. The molecule has 1 aromatic rings. The summed E-state index contributed by atoms with van der Waals surface area (Å²) in [6, 6.07) is 7.44. The largest absolute Gasteiger partial charge is 0.508 e. The third-order valence-electron chi connectivity index (χ3n) is 4.17. The van der Waals surface area contributed by atoms with Crippen LogP contribution in [-0.4, -0.2) is 28.6 Å². The molecule has 3 nitrogen and oxygen atoms in total. The summed E-state index contributed by atoms with van der Waals surface area (Å²) in [5.74, 6) is 0.824. The van der Waals surface area contributed by atoms with Gasteiger partial charge in [0.2, 0.25) is 0 Å². The molecule has 0 aromatic heterocycles. The lowest BCUT2D eigenvalue weighted by molar-refractivity contribution is 0.0954. The first-order valence-electron chi connectivity index (χ1n) is 7.08. The Morgan fingerprint density at radius 1 is 1.55 bits per heavy atom. The Bertz CT molecular complexity index is 526. The smallest absolute Gasteiger partial charge is 0.118 e. The minimum Gasteiger partial charge on any atom is -0.508 e. The van der Waals surface area contributed by atoms with Crippen molar-refractivity contribution >= 4 is 11.6 Å². The van der Waals surface area contributed by atoms with Gasteiger partial charge < -0.3 is 5.11 Å². The highest BCUT2D eigenvalue weighted by Gasteiger charge is 2.35. The summed E-state index contributed by atoms with van der Waals surface area (Å²) >= 11 is 5.99. The molecule has 1 saturated heterocycles. The first-order chi connectivity index (χ1) is 9.44. The van der Waals surface area contributed by atoms with Gasteiger partial charge in [0.05, 0.1) is 6.07 Å². The van der Waals surface area contributed by atoms with Gasteiger partial charge in [-0.25, -0.2) is 0 Å². The van der Waals surface area contributed by atoms with Crippen molar-refractivity contribution in [1.29, 1.82) is 5.26 Å². The maximum absolute atomic E-state index is 9.96. The van der Waals surface area contributed by atoms with E-state index in [4.69, 9.17) is 11.6 Å². The van der Waals surface area contributed by atoms with Crippen LogP contribution in [0, 0.1) is 17.2 Å². The lowest BCUT2D eigenvalue weighted by Crippen LogP contribution is -2.51. The molecule has 1 aromatic carbocycles. The Morgan fingerprint density at radius 3 is 2.95 bits per heavy atom. The maximum atomic E-state index is 9.96. The molecule has 2 rings (SSSR count). The standard InChI is InChI=1S/C16H21ClN2O/c1-12-4-3-7-19(10-12)16(2,11-18)9-13-8-14(17)5-6-15(13)20/h5-6,8,12,20H,3-4,7,9-10H2,1-2H3. The minimum atomic E-state index is -0.600. The van der Waals surface area contributed by atoms with Crippen LogP contribution in [0.15, 0.2) is 18.2 Å².